The van der Waals surface area contributed by atoms with Crippen molar-refractivity contribution in [2.24, 2.45) is 0 Å². The lowest BCUT2D eigenvalue weighted by Crippen LogP contribution is -2.60. The highest BCUT2D eigenvalue weighted by Gasteiger charge is 2.44. The van der Waals surface area contributed by atoms with Gasteiger partial charge in [0.2, 0.25) is 6.29 Å². The van der Waals surface area contributed by atoms with E-state index < -0.39 is 49.0 Å². The van der Waals surface area contributed by atoms with Crippen LogP contribution in [0.25, 0.3) is 0 Å². The molecule has 32 heavy (non-hydrogen) atoms. The summed E-state index contributed by atoms with van der Waals surface area (Å²) >= 11 is 0. The van der Waals surface area contributed by atoms with E-state index >= 15 is 0 Å². The molecule has 3 rings (SSSR count). The molecule has 5 atom stereocenters. The van der Waals surface area contributed by atoms with Crippen LogP contribution in [-0.4, -0.2) is 81.0 Å². The van der Waals surface area contributed by atoms with Gasteiger partial charge in [0.15, 0.2) is 0 Å². The first-order valence-corrected chi connectivity index (χ1v) is 9.94. The Hall–Kier alpha value is -2.89. The number of benzene rings is 2. The second kappa shape index (κ2) is 10.2. The highest BCUT2D eigenvalue weighted by atomic mass is 16.7. The number of aliphatic hydroxyl groups is 4. The largest absolute Gasteiger partial charge is 0.507 e. The third-order valence-electron chi connectivity index (χ3n) is 5.33. The number of carboxylic acid groups (broad SMARTS) is 1. The summed E-state index contributed by atoms with van der Waals surface area (Å²) in [5.74, 6) is -1.18. The summed E-state index contributed by atoms with van der Waals surface area (Å²) in [6, 6.07) is 9.70. The number of aromatic carboxylic acids is 1. The highest BCUT2D eigenvalue weighted by molar-refractivity contribution is 5.93. The second-order valence-electron chi connectivity index (χ2n) is 7.44. The lowest BCUT2D eigenvalue weighted by Gasteiger charge is -2.39. The van der Waals surface area contributed by atoms with E-state index in [4.69, 9.17) is 14.2 Å². The van der Waals surface area contributed by atoms with E-state index in [9.17, 15) is 35.4 Å². The third kappa shape index (κ3) is 5.12. The van der Waals surface area contributed by atoms with Crippen LogP contribution in [0.2, 0.25) is 0 Å². The van der Waals surface area contributed by atoms with Gasteiger partial charge in [0.1, 0.15) is 47.2 Å². The Labute approximate surface area is 183 Å². The summed E-state index contributed by atoms with van der Waals surface area (Å²) in [6.07, 6.45) is -6.72. The minimum absolute atomic E-state index is 0.0124. The summed E-state index contributed by atoms with van der Waals surface area (Å²) in [5, 5.41) is 59.0. The average molecular weight is 450 g/mol. The van der Waals surface area contributed by atoms with Gasteiger partial charge in [-0.1, -0.05) is 12.1 Å². The van der Waals surface area contributed by atoms with Crippen LogP contribution in [0.15, 0.2) is 36.4 Å². The van der Waals surface area contributed by atoms with Gasteiger partial charge in [0, 0.05) is 6.07 Å². The number of aryl methyl sites for hydroxylation is 2. The molecule has 10 nitrogen and oxygen atoms in total. The molecule has 0 saturated carbocycles. The minimum Gasteiger partial charge on any atom is -0.507 e. The molecule has 174 valence electrons. The maximum absolute atomic E-state index is 11.7. The van der Waals surface area contributed by atoms with E-state index in [1.165, 1.54) is 6.07 Å². The smallest absolute Gasteiger partial charge is 0.339 e. The maximum atomic E-state index is 11.7. The SMILES string of the molecule is COc1ccc(CCc2cc(OC3OC(CO)C(O)C(O)C3O)cc(O)c2C(=O)O)cc1. The molecular weight excluding hydrogens is 424 g/mol. The van der Waals surface area contributed by atoms with Gasteiger partial charge in [-0.2, -0.15) is 0 Å². The molecule has 1 saturated heterocycles. The second-order valence-corrected chi connectivity index (χ2v) is 7.44. The Kier molecular flexibility index (Phi) is 7.54. The zero-order valence-corrected chi connectivity index (χ0v) is 17.3. The van der Waals surface area contributed by atoms with Gasteiger partial charge in [-0.3, -0.25) is 0 Å². The number of hydrogen-bond acceptors (Lipinski definition) is 9. The molecule has 0 aliphatic carbocycles. The zero-order valence-electron chi connectivity index (χ0n) is 17.3. The van der Waals surface area contributed by atoms with Crippen molar-refractivity contribution in [1.29, 1.82) is 0 Å². The number of phenols is 1. The van der Waals surface area contributed by atoms with E-state index in [-0.39, 0.29) is 23.3 Å². The van der Waals surface area contributed by atoms with E-state index in [1.54, 1.807) is 19.2 Å². The van der Waals surface area contributed by atoms with Gasteiger partial charge >= 0.3 is 5.97 Å². The van der Waals surface area contributed by atoms with E-state index in [2.05, 4.69) is 0 Å². The summed E-state index contributed by atoms with van der Waals surface area (Å²) in [5.41, 5.74) is 0.925. The number of rotatable bonds is 8. The van der Waals surface area contributed by atoms with Crippen LogP contribution in [0.4, 0.5) is 0 Å². The number of carbonyl (C=O) groups is 1. The first-order chi connectivity index (χ1) is 15.2. The van der Waals surface area contributed by atoms with Gasteiger partial charge in [-0.15, -0.1) is 0 Å². The van der Waals surface area contributed by atoms with Gasteiger partial charge in [-0.25, -0.2) is 4.79 Å². The Morgan fingerprint density at radius 3 is 2.28 bits per heavy atom. The fourth-order valence-electron chi connectivity index (χ4n) is 3.54. The van der Waals surface area contributed by atoms with E-state index in [0.29, 0.717) is 12.2 Å². The van der Waals surface area contributed by atoms with Crippen molar-refractivity contribution >= 4 is 5.97 Å². The molecule has 0 spiro atoms. The van der Waals surface area contributed by atoms with Crippen molar-refractivity contribution < 1.29 is 49.6 Å². The molecule has 2 aromatic rings. The molecule has 1 aliphatic rings. The Balaban J connectivity index is 1.82. The lowest BCUT2D eigenvalue weighted by molar-refractivity contribution is -0.277. The van der Waals surface area contributed by atoms with Gasteiger partial charge < -0.3 is 44.8 Å². The number of carboxylic acids is 1. The van der Waals surface area contributed by atoms with Crippen molar-refractivity contribution in [1.82, 2.24) is 0 Å². The number of aliphatic hydroxyl groups excluding tert-OH is 4. The summed E-state index contributed by atoms with van der Waals surface area (Å²) < 4.78 is 15.9. The minimum atomic E-state index is -1.64. The van der Waals surface area contributed by atoms with E-state index in [0.717, 1.165) is 11.6 Å². The zero-order chi connectivity index (χ0) is 23.4. The van der Waals surface area contributed by atoms with Crippen LogP contribution in [0.5, 0.6) is 17.2 Å². The quantitative estimate of drug-likeness (QED) is 0.324. The molecule has 0 amide bonds. The van der Waals surface area contributed by atoms with Gasteiger partial charge in [-0.05, 0) is 42.2 Å². The van der Waals surface area contributed by atoms with Gasteiger partial charge in [0.25, 0.3) is 0 Å². The number of ether oxygens (including phenoxy) is 3. The fourth-order valence-corrected chi connectivity index (χ4v) is 3.54. The molecular formula is C22H26O10. The molecule has 1 aliphatic heterocycles. The van der Waals surface area contributed by atoms with Crippen molar-refractivity contribution in [2.75, 3.05) is 13.7 Å². The summed E-state index contributed by atoms with van der Waals surface area (Å²) in [7, 11) is 1.55. The molecule has 0 radical (unpaired) electrons. The standard InChI is InChI=1S/C22H26O10/c1-30-13-6-3-11(4-7-13)2-5-12-8-14(9-15(24)17(12)21(28)29)31-22-20(27)19(26)18(25)16(10-23)32-22/h3-4,6-9,16,18-20,22-27H,2,5,10H2,1H3,(H,28,29). The average Bonchev–Trinajstić information content (AvgIpc) is 2.77. The topological polar surface area (TPSA) is 166 Å². The van der Waals surface area contributed by atoms with Crippen molar-refractivity contribution in [3.8, 4) is 17.2 Å². The monoisotopic (exact) mass is 450 g/mol. The number of hydrogen-bond donors (Lipinski definition) is 6. The molecule has 5 unspecified atom stereocenters. The van der Waals surface area contributed by atoms with Crippen LogP contribution < -0.4 is 9.47 Å². The normalized spacial score (nSPS) is 25.3. The Morgan fingerprint density at radius 2 is 1.69 bits per heavy atom. The van der Waals surface area contributed by atoms with Crippen LogP contribution >= 0.6 is 0 Å². The van der Waals surface area contributed by atoms with Crippen LogP contribution in [0.3, 0.4) is 0 Å². The molecule has 0 aromatic heterocycles. The van der Waals surface area contributed by atoms with Crippen LogP contribution in [-0.2, 0) is 17.6 Å². The Morgan fingerprint density at radius 1 is 1.00 bits per heavy atom. The number of methoxy groups -OCH3 is 1. The molecule has 0 bridgehead atoms. The predicted octanol–water partition coefficient (Wildman–Crippen LogP) is 0.0629. The number of aromatic hydroxyl groups is 1. The Bertz CT molecular complexity index is 927. The first-order valence-electron chi connectivity index (χ1n) is 9.94. The highest BCUT2D eigenvalue weighted by Crippen LogP contribution is 2.32. The fraction of sp³-hybridized carbons (Fsp3) is 0.409. The summed E-state index contributed by atoms with van der Waals surface area (Å²) in [4.78, 5) is 11.7. The molecule has 10 heteroatoms. The van der Waals surface area contributed by atoms with Gasteiger partial charge in [0.05, 0.1) is 13.7 Å². The first kappa shape index (κ1) is 23.8. The lowest BCUT2D eigenvalue weighted by atomic mass is 9.98. The molecule has 6 N–H and O–H groups in total. The summed E-state index contributed by atoms with van der Waals surface area (Å²) in [6.45, 7) is -0.624. The predicted molar refractivity (Wildman–Crippen MR) is 110 cm³/mol. The third-order valence-corrected chi connectivity index (χ3v) is 5.33. The molecule has 2 aromatic carbocycles. The maximum Gasteiger partial charge on any atom is 0.339 e. The van der Waals surface area contributed by atoms with Crippen LogP contribution in [0, 0.1) is 0 Å². The van der Waals surface area contributed by atoms with Crippen molar-refractivity contribution in [3.05, 3.63) is 53.1 Å². The molecule has 1 heterocycles. The van der Waals surface area contributed by atoms with Crippen molar-refractivity contribution in [2.45, 2.75) is 43.5 Å². The van der Waals surface area contributed by atoms with Crippen LogP contribution in [0.1, 0.15) is 21.5 Å². The molecule has 1 fully saturated rings. The van der Waals surface area contributed by atoms with E-state index in [1.807, 2.05) is 12.1 Å². The van der Waals surface area contributed by atoms with Crippen molar-refractivity contribution in [3.63, 3.8) is 0 Å².